The molecule has 1 aromatic carbocycles. The Morgan fingerprint density at radius 3 is 2.29 bits per heavy atom. The molecule has 1 rings (SSSR count). The number of carbonyl (C=O) groups excluding carboxylic acids is 1. The molecule has 1 atom stereocenters. The van der Waals surface area contributed by atoms with E-state index in [9.17, 15) is 4.79 Å². The number of carbonyl (C=O) groups is 1. The maximum absolute atomic E-state index is 12.2. The maximum atomic E-state index is 12.2. The normalized spacial score (nSPS) is 12.1. The molecule has 21 heavy (non-hydrogen) atoms. The molecule has 0 heterocycles. The molecule has 0 aliphatic carbocycles. The van der Waals surface area contributed by atoms with Crippen LogP contribution in [-0.2, 0) is 9.53 Å². The average molecular weight is 360 g/mol. The predicted molar refractivity (Wildman–Crippen MR) is 84.9 cm³/mol. The summed E-state index contributed by atoms with van der Waals surface area (Å²) in [5.41, 5.74) is 0.750. The molecule has 118 valence electrons. The fraction of sp³-hybridized carbons (Fsp3) is 0.533. The highest BCUT2D eigenvalue weighted by Crippen LogP contribution is 2.36. The molecule has 0 saturated heterocycles. The van der Waals surface area contributed by atoms with Crippen LogP contribution in [0.15, 0.2) is 16.6 Å². The van der Waals surface area contributed by atoms with Gasteiger partial charge in [0.15, 0.2) is 11.5 Å². The van der Waals surface area contributed by atoms with Gasteiger partial charge in [-0.3, -0.25) is 5.32 Å². The first-order valence-corrected chi connectivity index (χ1v) is 7.57. The Morgan fingerprint density at radius 2 is 1.81 bits per heavy atom. The van der Waals surface area contributed by atoms with Gasteiger partial charge in [-0.05, 0) is 38.5 Å². The Hall–Kier alpha value is -1.27. The Balaban J connectivity index is 3.26. The number of esters is 1. The van der Waals surface area contributed by atoms with Crippen LogP contribution < -0.4 is 14.8 Å². The second-order valence-corrected chi connectivity index (χ2v) is 5.59. The summed E-state index contributed by atoms with van der Waals surface area (Å²) in [7, 11) is 3.13. The number of rotatable bonds is 7. The summed E-state index contributed by atoms with van der Waals surface area (Å²) in [4.78, 5) is 12.2. The molecule has 0 saturated carbocycles. The van der Waals surface area contributed by atoms with Crippen LogP contribution in [-0.4, -0.2) is 32.8 Å². The molecule has 0 aliphatic heterocycles. The van der Waals surface area contributed by atoms with Crippen molar-refractivity contribution in [1.82, 2.24) is 5.32 Å². The first kappa shape index (κ1) is 17.8. The number of methoxy groups -OCH3 is 2. The van der Waals surface area contributed by atoms with Gasteiger partial charge in [0.05, 0.1) is 20.8 Å². The van der Waals surface area contributed by atoms with Crippen molar-refractivity contribution in [2.24, 2.45) is 0 Å². The molecule has 0 bridgehead atoms. The van der Waals surface area contributed by atoms with E-state index in [0.717, 1.165) is 10.0 Å². The molecular formula is C15H22BrNO4. The third-order valence-corrected chi connectivity index (χ3v) is 3.52. The third-order valence-electron chi connectivity index (χ3n) is 2.84. The van der Waals surface area contributed by atoms with Gasteiger partial charge in [0.25, 0.3) is 0 Å². The molecule has 6 heteroatoms. The van der Waals surface area contributed by atoms with Crippen LogP contribution in [0.5, 0.6) is 11.5 Å². The first-order valence-electron chi connectivity index (χ1n) is 6.78. The third kappa shape index (κ3) is 4.61. The first-order chi connectivity index (χ1) is 9.94. The minimum Gasteiger partial charge on any atom is -0.493 e. The molecule has 0 aromatic heterocycles. The standard InChI is InChI=1S/C15H22BrNO4/c1-6-21-15(18)14(17-9(2)3)10-7-12(19-4)13(20-5)8-11(10)16/h7-9,14,17H,6H2,1-5H3. The van der Waals surface area contributed by atoms with Crippen molar-refractivity contribution < 1.29 is 19.0 Å². The average Bonchev–Trinajstić information content (AvgIpc) is 2.44. The van der Waals surface area contributed by atoms with Gasteiger partial charge in [0.1, 0.15) is 6.04 Å². The second-order valence-electron chi connectivity index (χ2n) is 4.74. The summed E-state index contributed by atoms with van der Waals surface area (Å²) < 4.78 is 16.5. The van der Waals surface area contributed by atoms with Crippen LogP contribution in [0.4, 0.5) is 0 Å². The van der Waals surface area contributed by atoms with Crippen molar-refractivity contribution in [3.8, 4) is 11.5 Å². The van der Waals surface area contributed by atoms with Gasteiger partial charge in [-0.15, -0.1) is 0 Å². The van der Waals surface area contributed by atoms with E-state index in [4.69, 9.17) is 14.2 Å². The van der Waals surface area contributed by atoms with Gasteiger partial charge in [-0.25, -0.2) is 4.79 Å². The second kappa shape index (κ2) is 8.24. The summed E-state index contributed by atoms with van der Waals surface area (Å²) in [5, 5.41) is 3.21. The number of benzene rings is 1. The highest BCUT2D eigenvalue weighted by Gasteiger charge is 2.26. The van der Waals surface area contributed by atoms with Crippen molar-refractivity contribution in [2.45, 2.75) is 32.9 Å². The lowest BCUT2D eigenvalue weighted by atomic mass is 10.1. The van der Waals surface area contributed by atoms with Gasteiger partial charge < -0.3 is 14.2 Å². The smallest absolute Gasteiger partial charge is 0.327 e. The minimum absolute atomic E-state index is 0.124. The molecule has 0 radical (unpaired) electrons. The summed E-state index contributed by atoms with van der Waals surface area (Å²) in [6.45, 7) is 6.07. The summed E-state index contributed by atoms with van der Waals surface area (Å²) in [6.07, 6.45) is 0. The van der Waals surface area contributed by atoms with Crippen LogP contribution in [0.3, 0.4) is 0 Å². The van der Waals surface area contributed by atoms with Crippen molar-refractivity contribution in [1.29, 1.82) is 0 Å². The number of nitrogens with one attached hydrogen (secondary N) is 1. The Kier molecular flexibility index (Phi) is 6.98. The van der Waals surface area contributed by atoms with Crippen LogP contribution in [0.2, 0.25) is 0 Å². The molecule has 0 aliphatic rings. The van der Waals surface area contributed by atoms with Gasteiger partial charge >= 0.3 is 5.97 Å². The van der Waals surface area contributed by atoms with Crippen molar-refractivity contribution >= 4 is 21.9 Å². The maximum Gasteiger partial charge on any atom is 0.327 e. The zero-order valence-electron chi connectivity index (χ0n) is 13.0. The van der Waals surface area contributed by atoms with Crippen molar-refractivity contribution in [2.75, 3.05) is 20.8 Å². The molecule has 0 amide bonds. The van der Waals surface area contributed by atoms with Gasteiger partial charge in [-0.2, -0.15) is 0 Å². The molecule has 1 N–H and O–H groups in total. The molecular weight excluding hydrogens is 338 g/mol. The van der Waals surface area contributed by atoms with E-state index in [0.29, 0.717) is 18.1 Å². The SMILES string of the molecule is CCOC(=O)C(NC(C)C)c1cc(OC)c(OC)cc1Br. The molecule has 5 nitrogen and oxygen atoms in total. The van der Waals surface area contributed by atoms with Gasteiger partial charge in [0, 0.05) is 10.5 Å². The number of ether oxygens (including phenoxy) is 3. The van der Waals surface area contributed by atoms with Crippen LogP contribution in [0.25, 0.3) is 0 Å². The number of hydrogen-bond donors (Lipinski definition) is 1. The lowest BCUT2D eigenvalue weighted by Crippen LogP contribution is -2.35. The summed E-state index contributed by atoms with van der Waals surface area (Å²) in [5.74, 6) is 0.843. The zero-order chi connectivity index (χ0) is 16.0. The molecule has 0 fully saturated rings. The lowest BCUT2D eigenvalue weighted by molar-refractivity contribution is -0.146. The van der Waals surface area contributed by atoms with Gasteiger partial charge in [-0.1, -0.05) is 15.9 Å². The molecule has 1 unspecified atom stereocenters. The highest BCUT2D eigenvalue weighted by molar-refractivity contribution is 9.10. The van der Waals surface area contributed by atoms with Crippen LogP contribution in [0.1, 0.15) is 32.4 Å². The molecule has 0 spiro atoms. The Bertz CT molecular complexity index is 491. The van der Waals surface area contributed by atoms with E-state index in [1.54, 1.807) is 33.3 Å². The van der Waals surface area contributed by atoms with E-state index in [1.165, 1.54) is 0 Å². The van der Waals surface area contributed by atoms with E-state index in [1.807, 2.05) is 13.8 Å². The largest absolute Gasteiger partial charge is 0.493 e. The number of halogens is 1. The van der Waals surface area contributed by atoms with Crippen molar-refractivity contribution in [3.63, 3.8) is 0 Å². The van der Waals surface area contributed by atoms with E-state index in [-0.39, 0.29) is 12.0 Å². The Morgan fingerprint density at radius 1 is 1.24 bits per heavy atom. The van der Waals surface area contributed by atoms with E-state index in [2.05, 4.69) is 21.2 Å². The minimum atomic E-state index is -0.570. The van der Waals surface area contributed by atoms with E-state index >= 15 is 0 Å². The van der Waals surface area contributed by atoms with Gasteiger partial charge in [0.2, 0.25) is 0 Å². The fourth-order valence-corrected chi connectivity index (χ4v) is 2.49. The predicted octanol–water partition coefficient (Wildman–Crippen LogP) is 3.07. The van der Waals surface area contributed by atoms with Crippen LogP contribution >= 0.6 is 15.9 Å². The fourth-order valence-electron chi connectivity index (χ4n) is 1.93. The topological polar surface area (TPSA) is 56.8 Å². The summed E-state index contributed by atoms with van der Waals surface area (Å²) >= 11 is 3.48. The number of hydrogen-bond acceptors (Lipinski definition) is 5. The summed E-state index contributed by atoms with van der Waals surface area (Å²) in [6, 6.07) is 3.11. The lowest BCUT2D eigenvalue weighted by Gasteiger charge is -2.22. The Labute approximate surface area is 134 Å². The highest BCUT2D eigenvalue weighted by atomic mass is 79.9. The zero-order valence-corrected chi connectivity index (χ0v) is 14.6. The van der Waals surface area contributed by atoms with Crippen LogP contribution in [0, 0.1) is 0 Å². The quantitative estimate of drug-likeness (QED) is 0.758. The van der Waals surface area contributed by atoms with Crippen molar-refractivity contribution in [3.05, 3.63) is 22.2 Å². The molecule has 1 aromatic rings. The monoisotopic (exact) mass is 359 g/mol. The van der Waals surface area contributed by atoms with E-state index < -0.39 is 6.04 Å².